The van der Waals surface area contributed by atoms with E-state index < -0.39 is 11.5 Å². The van der Waals surface area contributed by atoms with Crippen LogP contribution < -0.4 is 10.4 Å². The van der Waals surface area contributed by atoms with E-state index in [-0.39, 0.29) is 17.9 Å². The highest BCUT2D eigenvalue weighted by molar-refractivity contribution is 7.80. The van der Waals surface area contributed by atoms with Crippen LogP contribution in [0.4, 0.5) is 4.39 Å². The van der Waals surface area contributed by atoms with E-state index in [1.165, 1.54) is 19.2 Å². The lowest BCUT2D eigenvalue weighted by Gasteiger charge is -2.13. The van der Waals surface area contributed by atoms with E-state index >= 15 is 0 Å². The van der Waals surface area contributed by atoms with Crippen molar-refractivity contribution in [1.82, 2.24) is 19.8 Å². The Kier molecular flexibility index (Phi) is 4.82. The van der Waals surface area contributed by atoms with Crippen molar-refractivity contribution in [3.63, 3.8) is 0 Å². The highest BCUT2D eigenvalue weighted by Gasteiger charge is 2.16. The van der Waals surface area contributed by atoms with Gasteiger partial charge in [-0.1, -0.05) is 17.7 Å². The number of aryl methyl sites for hydroxylation is 2. The summed E-state index contributed by atoms with van der Waals surface area (Å²) in [7, 11) is 1.46. The number of rotatable bonds is 4. The third-order valence-electron chi connectivity index (χ3n) is 3.66. The summed E-state index contributed by atoms with van der Waals surface area (Å²) in [5.41, 5.74) is 0.790. The molecule has 0 aliphatic carbocycles. The molecule has 0 radical (unpaired) electrons. The molecule has 1 heterocycles. The maximum atomic E-state index is 14.3. The molecule has 2 aromatic carbocycles. The third kappa shape index (κ3) is 3.40. The zero-order chi connectivity index (χ0) is 18.1. The van der Waals surface area contributed by atoms with Crippen molar-refractivity contribution in [1.29, 1.82) is 0 Å². The fourth-order valence-corrected chi connectivity index (χ4v) is 2.72. The maximum absolute atomic E-state index is 14.3. The molecule has 6 nitrogen and oxygen atoms in total. The van der Waals surface area contributed by atoms with Gasteiger partial charge in [0.2, 0.25) is 0 Å². The average molecular weight is 381 g/mol. The van der Waals surface area contributed by atoms with Crippen molar-refractivity contribution in [2.24, 2.45) is 7.05 Å². The van der Waals surface area contributed by atoms with Crippen LogP contribution >= 0.6 is 24.2 Å². The number of aromatic nitrogens is 4. The Labute approximate surface area is 153 Å². The van der Waals surface area contributed by atoms with E-state index in [4.69, 9.17) is 16.3 Å². The van der Waals surface area contributed by atoms with Crippen LogP contribution in [-0.2, 0) is 13.7 Å². The number of benzene rings is 2. The third-order valence-corrected chi connectivity index (χ3v) is 4.47. The molecule has 25 heavy (non-hydrogen) atoms. The van der Waals surface area contributed by atoms with Gasteiger partial charge in [0, 0.05) is 18.0 Å². The van der Waals surface area contributed by atoms with Crippen molar-refractivity contribution in [2.45, 2.75) is 18.4 Å². The van der Waals surface area contributed by atoms with Gasteiger partial charge in [0.1, 0.15) is 18.2 Å². The smallest absolute Gasteiger partial charge is 0.368 e. The quantitative estimate of drug-likeness (QED) is 0.707. The number of hydrogen-bond acceptors (Lipinski definition) is 5. The number of halogens is 2. The lowest BCUT2D eigenvalue weighted by molar-refractivity contribution is 0.297. The Hall–Kier alpha value is -2.32. The second-order valence-corrected chi connectivity index (χ2v) is 6.28. The first kappa shape index (κ1) is 17.5. The monoisotopic (exact) mass is 380 g/mol. The highest BCUT2D eigenvalue weighted by atomic mass is 35.5. The molecular formula is C16H14ClFN4O2S. The highest BCUT2D eigenvalue weighted by Crippen LogP contribution is 2.30. The summed E-state index contributed by atoms with van der Waals surface area (Å²) >= 11 is 10.3. The number of hydrogen-bond donors (Lipinski definition) is 1. The van der Waals surface area contributed by atoms with Gasteiger partial charge in [-0.25, -0.2) is 9.18 Å². The predicted molar refractivity (Wildman–Crippen MR) is 94.3 cm³/mol. The summed E-state index contributed by atoms with van der Waals surface area (Å²) < 4.78 is 22.1. The first-order valence-corrected chi connectivity index (χ1v) is 8.09. The molecule has 0 amide bonds. The maximum Gasteiger partial charge on any atom is 0.368 e. The molecule has 0 aliphatic heterocycles. The SMILES string of the molecule is Cc1cc(S)c(Cl)cc1OCc1c(F)cccc1-n1nnn(C)c1=O. The Morgan fingerprint density at radius 2 is 2.08 bits per heavy atom. The van der Waals surface area contributed by atoms with E-state index in [0.29, 0.717) is 15.7 Å². The molecule has 0 aliphatic rings. The molecule has 1 aromatic heterocycles. The van der Waals surface area contributed by atoms with Crippen molar-refractivity contribution in [3.8, 4) is 11.4 Å². The predicted octanol–water partition coefficient (Wildman–Crippen LogP) is 2.93. The topological polar surface area (TPSA) is 61.9 Å². The van der Waals surface area contributed by atoms with Crippen LogP contribution in [0.5, 0.6) is 5.75 Å². The van der Waals surface area contributed by atoms with Crippen molar-refractivity contribution < 1.29 is 9.13 Å². The zero-order valence-corrected chi connectivity index (χ0v) is 15.1. The molecule has 130 valence electrons. The van der Waals surface area contributed by atoms with Crippen molar-refractivity contribution in [2.75, 3.05) is 0 Å². The van der Waals surface area contributed by atoms with Gasteiger partial charge in [0.05, 0.1) is 16.3 Å². The van der Waals surface area contributed by atoms with Gasteiger partial charge >= 0.3 is 5.69 Å². The van der Waals surface area contributed by atoms with Crippen LogP contribution in [0, 0.1) is 12.7 Å². The fourth-order valence-electron chi connectivity index (χ4n) is 2.31. The Morgan fingerprint density at radius 1 is 1.32 bits per heavy atom. The van der Waals surface area contributed by atoms with Crippen LogP contribution in [0.3, 0.4) is 0 Å². The van der Waals surface area contributed by atoms with E-state index in [0.717, 1.165) is 14.9 Å². The molecule has 3 rings (SSSR count). The normalized spacial score (nSPS) is 10.9. The van der Waals surface area contributed by atoms with Gasteiger partial charge in [-0.2, -0.15) is 9.36 Å². The summed E-state index contributed by atoms with van der Waals surface area (Å²) in [4.78, 5) is 12.7. The summed E-state index contributed by atoms with van der Waals surface area (Å²) in [5, 5.41) is 7.83. The number of tetrazole rings is 1. The Morgan fingerprint density at radius 3 is 2.76 bits per heavy atom. The summed E-state index contributed by atoms with van der Waals surface area (Å²) in [6, 6.07) is 7.74. The summed E-state index contributed by atoms with van der Waals surface area (Å²) in [5.74, 6) is -0.00638. The van der Waals surface area contributed by atoms with Crippen LogP contribution in [0.1, 0.15) is 11.1 Å². The van der Waals surface area contributed by atoms with Crippen LogP contribution in [0.2, 0.25) is 5.02 Å². The van der Waals surface area contributed by atoms with Crippen LogP contribution in [-0.4, -0.2) is 19.8 Å². The van der Waals surface area contributed by atoms with Crippen molar-refractivity contribution >= 4 is 24.2 Å². The van der Waals surface area contributed by atoms with Crippen molar-refractivity contribution in [3.05, 3.63) is 62.8 Å². The zero-order valence-electron chi connectivity index (χ0n) is 13.4. The van der Waals surface area contributed by atoms with E-state index in [1.54, 1.807) is 18.2 Å². The standard InChI is InChI=1S/C16H14ClFN4O2S/c1-9-6-15(25)11(17)7-14(9)24-8-10-12(18)4-3-5-13(10)22-16(23)21(2)19-20-22/h3-7,25H,8H2,1-2H3. The van der Waals surface area contributed by atoms with Gasteiger partial charge in [0.15, 0.2) is 0 Å². The minimum absolute atomic E-state index is 0.103. The molecule has 0 unspecified atom stereocenters. The lowest BCUT2D eigenvalue weighted by atomic mass is 10.1. The second-order valence-electron chi connectivity index (χ2n) is 5.39. The van der Waals surface area contributed by atoms with Gasteiger partial charge in [0.25, 0.3) is 0 Å². The van der Waals surface area contributed by atoms with Crippen LogP contribution in [0.25, 0.3) is 5.69 Å². The molecule has 0 atom stereocenters. The molecule has 0 bridgehead atoms. The fraction of sp³-hybridized carbons (Fsp3) is 0.188. The van der Waals surface area contributed by atoms with Gasteiger partial charge < -0.3 is 4.74 Å². The molecule has 0 saturated carbocycles. The van der Waals surface area contributed by atoms with E-state index in [1.807, 2.05) is 6.92 Å². The minimum Gasteiger partial charge on any atom is -0.488 e. The number of ether oxygens (including phenoxy) is 1. The molecule has 0 fully saturated rings. The molecular weight excluding hydrogens is 367 g/mol. The summed E-state index contributed by atoms with van der Waals surface area (Å²) in [6.07, 6.45) is 0. The lowest BCUT2D eigenvalue weighted by Crippen LogP contribution is -2.23. The van der Waals surface area contributed by atoms with Gasteiger partial charge in [-0.3, -0.25) is 0 Å². The van der Waals surface area contributed by atoms with Gasteiger partial charge in [-0.15, -0.1) is 12.6 Å². The number of nitrogens with zero attached hydrogens (tertiary/aromatic N) is 4. The molecule has 3 aromatic rings. The minimum atomic E-state index is -0.510. The molecule has 0 N–H and O–H groups in total. The molecule has 0 saturated heterocycles. The largest absolute Gasteiger partial charge is 0.488 e. The van der Waals surface area contributed by atoms with Gasteiger partial charge in [-0.05, 0) is 41.1 Å². The first-order valence-electron chi connectivity index (χ1n) is 7.27. The van der Waals surface area contributed by atoms with E-state index in [9.17, 15) is 9.18 Å². The average Bonchev–Trinajstić information content (AvgIpc) is 2.90. The second kappa shape index (κ2) is 6.89. The molecule has 9 heteroatoms. The first-order chi connectivity index (χ1) is 11.9. The number of thiol groups is 1. The Bertz CT molecular complexity index is 1000. The molecule has 0 spiro atoms. The van der Waals surface area contributed by atoms with E-state index in [2.05, 4.69) is 23.1 Å². The van der Waals surface area contributed by atoms with Crippen LogP contribution in [0.15, 0.2) is 40.0 Å². The summed E-state index contributed by atoms with van der Waals surface area (Å²) in [6.45, 7) is 1.73. The Balaban J connectivity index is 1.97.